The maximum Gasteiger partial charge on any atom is 0.172 e. The second-order valence-electron chi connectivity index (χ2n) is 2.83. The zero-order valence-electron chi connectivity index (χ0n) is 6.77. The highest BCUT2D eigenvalue weighted by Gasteiger charge is 2.05. The fourth-order valence-electron chi connectivity index (χ4n) is 1.46. The summed E-state index contributed by atoms with van der Waals surface area (Å²) in [7, 11) is 0. The van der Waals surface area contributed by atoms with Crippen molar-refractivity contribution in [3.63, 3.8) is 0 Å². The third-order valence-corrected chi connectivity index (χ3v) is 2.04. The molecule has 0 saturated heterocycles. The van der Waals surface area contributed by atoms with Crippen LogP contribution in [0, 0.1) is 0 Å². The molecule has 0 saturated carbocycles. The molecule has 2 heterocycles. The van der Waals surface area contributed by atoms with Crippen molar-refractivity contribution in [1.82, 2.24) is 9.97 Å². The van der Waals surface area contributed by atoms with E-state index in [-0.39, 0.29) is 0 Å². The van der Waals surface area contributed by atoms with E-state index in [1.165, 1.54) is 6.33 Å². The van der Waals surface area contributed by atoms with Crippen molar-refractivity contribution in [3.8, 4) is 0 Å². The zero-order chi connectivity index (χ0) is 8.67. The molecule has 13 heavy (non-hydrogen) atoms. The number of benzene rings is 1. The third kappa shape index (κ3) is 0.839. The Bertz CT molecular complexity index is 521. The first-order chi connectivity index (χ1) is 6.45. The van der Waals surface area contributed by atoms with Gasteiger partial charge in [-0.15, -0.1) is 0 Å². The predicted octanol–water partition coefficient (Wildman–Crippen LogP) is 2.38. The molecule has 3 heteroatoms. The lowest BCUT2D eigenvalue weighted by molar-refractivity contribution is 0.665. The standard InChI is InChI=1S/C10H6N2O/c1-2-4-8-7(3-1)10-9(13-8)5-11-6-12-10/h1-6H. The number of aromatic nitrogens is 2. The Balaban J connectivity index is 2.64. The maximum absolute atomic E-state index is 5.53. The highest BCUT2D eigenvalue weighted by molar-refractivity contribution is 6.01. The summed E-state index contributed by atoms with van der Waals surface area (Å²) in [6, 6.07) is 7.84. The molecular weight excluding hydrogens is 164 g/mol. The van der Waals surface area contributed by atoms with Gasteiger partial charge in [-0.2, -0.15) is 0 Å². The van der Waals surface area contributed by atoms with Crippen LogP contribution in [0.3, 0.4) is 0 Å². The van der Waals surface area contributed by atoms with Crippen LogP contribution >= 0.6 is 0 Å². The molecule has 0 aliphatic carbocycles. The quantitative estimate of drug-likeness (QED) is 0.520. The normalized spacial score (nSPS) is 11.1. The van der Waals surface area contributed by atoms with Crippen molar-refractivity contribution in [2.75, 3.05) is 0 Å². The number of hydrogen-bond acceptors (Lipinski definition) is 3. The Kier molecular flexibility index (Phi) is 1.16. The average molecular weight is 170 g/mol. The van der Waals surface area contributed by atoms with E-state index in [9.17, 15) is 0 Å². The number of furan rings is 1. The molecule has 0 fully saturated rings. The van der Waals surface area contributed by atoms with Gasteiger partial charge in [0.2, 0.25) is 0 Å². The Morgan fingerprint density at radius 2 is 2.00 bits per heavy atom. The van der Waals surface area contributed by atoms with Gasteiger partial charge in [0.1, 0.15) is 17.4 Å². The zero-order valence-corrected chi connectivity index (χ0v) is 6.77. The summed E-state index contributed by atoms with van der Waals surface area (Å²) >= 11 is 0. The molecule has 0 atom stereocenters. The molecule has 0 radical (unpaired) electrons. The van der Waals surface area contributed by atoms with Crippen molar-refractivity contribution >= 4 is 22.1 Å². The van der Waals surface area contributed by atoms with E-state index in [1.807, 2.05) is 24.3 Å². The van der Waals surface area contributed by atoms with Gasteiger partial charge in [-0.05, 0) is 12.1 Å². The van der Waals surface area contributed by atoms with Crippen LogP contribution in [-0.2, 0) is 0 Å². The minimum Gasteiger partial charge on any atom is -0.453 e. The fourth-order valence-corrected chi connectivity index (χ4v) is 1.46. The minimum atomic E-state index is 0.740. The number of hydrogen-bond donors (Lipinski definition) is 0. The Labute approximate surface area is 74.0 Å². The molecule has 1 aromatic carbocycles. The molecule has 3 aromatic rings. The summed E-state index contributed by atoms with van der Waals surface area (Å²) in [5.41, 5.74) is 2.48. The van der Waals surface area contributed by atoms with Gasteiger partial charge in [0.15, 0.2) is 5.58 Å². The van der Waals surface area contributed by atoms with Crippen LogP contribution in [0.5, 0.6) is 0 Å². The van der Waals surface area contributed by atoms with E-state index in [0.29, 0.717) is 0 Å². The molecule has 0 unspecified atom stereocenters. The van der Waals surface area contributed by atoms with Crippen LogP contribution in [0.25, 0.3) is 22.1 Å². The van der Waals surface area contributed by atoms with Crippen LogP contribution in [0.4, 0.5) is 0 Å². The maximum atomic E-state index is 5.53. The van der Waals surface area contributed by atoms with Crippen molar-refractivity contribution in [2.45, 2.75) is 0 Å². The van der Waals surface area contributed by atoms with Crippen LogP contribution in [0.15, 0.2) is 41.2 Å². The summed E-state index contributed by atoms with van der Waals surface area (Å²) in [6.07, 6.45) is 3.21. The predicted molar refractivity (Wildman–Crippen MR) is 49.3 cm³/mol. The first-order valence-electron chi connectivity index (χ1n) is 4.02. The highest BCUT2D eigenvalue weighted by atomic mass is 16.3. The topological polar surface area (TPSA) is 38.9 Å². The van der Waals surface area contributed by atoms with Gasteiger partial charge >= 0.3 is 0 Å². The smallest absolute Gasteiger partial charge is 0.172 e. The van der Waals surface area contributed by atoms with Crippen LogP contribution < -0.4 is 0 Å². The molecule has 0 bridgehead atoms. The van der Waals surface area contributed by atoms with Crippen molar-refractivity contribution in [1.29, 1.82) is 0 Å². The number of nitrogens with zero attached hydrogens (tertiary/aromatic N) is 2. The Morgan fingerprint density at radius 3 is 3.00 bits per heavy atom. The van der Waals surface area contributed by atoms with Crippen LogP contribution in [0.1, 0.15) is 0 Å². The monoisotopic (exact) mass is 170 g/mol. The Morgan fingerprint density at radius 1 is 1.08 bits per heavy atom. The molecule has 3 nitrogen and oxygen atoms in total. The van der Waals surface area contributed by atoms with E-state index in [2.05, 4.69) is 9.97 Å². The molecular formula is C10H6N2O. The van der Waals surface area contributed by atoms with E-state index in [1.54, 1.807) is 6.20 Å². The summed E-state index contributed by atoms with van der Waals surface area (Å²) in [5, 5.41) is 1.04. The number of rotatable bonds is 0. The lowest BCUT2D eigenvalue weighted by atomic mass is 10.2. The van der Waals surface area contributed by atoms with E-state index < -0.39 is 0 Å². The van der Waals surface area contributed by atoms with Gasteiger partial charge in [0.25, 0.3) is 0 Å². The first-order valence-corrected chi connectivity index (χ1v) is 4.02. The van der Waals surface area contributed by atoms with Gasteiger partial charge in [-0.1, -0.05) is 12.1 Å². The van der Waals surface area contributed by atoms with Gasteiger partial charge in [-0.25, -0.2) is 9.97 Å². The number of fused-ring (bicyclic) bond motifs is 3. The van der Waals surface area contributed by atoms with Crippen molar-refractivity contribution < 1.29 is 4.42 Å². The molecule has 0 aliphatic rings. The second kappa shape index (κ2) is 2.29. The highest BCUT2D eigenvalue weighted by Crippen LogP contribution is 2.25. The molecule has 0 N–H and O–H groups in total. The summed E-state index contributed by atoms with van der Waals surface area (Å²) in [4.78, 5) is 8.07. The lowest BCUT2D eigenvalue weighted by Gasteiger charge is -1.84. The second-order valence-corrected chi connectivity index (χ2v) is 2.83. The van der Waals surface area contributed by atoms with E-state index >= 15 is 0 Å². The van der Waals surface area contributed by atoms with E-state index in [4.69, 9.17) is 4.42 Å². The molecule has 0 aliphatic heterocycles. The largest absolute Gasteiger partial charge is 0.453 e. The molecule has 62 valence electrons. The number of para-hydroxylation sites is 1. The summed E-state index contributed by atoms with van der Waals surface area (Å²) < 4.78 is 5.53. The van der Waals surface area contributed by atoms with Crippen LogP contribution in [-0.4, -0.2) is 9.97 Å². The third-order valence-electron chi connectivity index (χ3n) is 2.04. The molecule has 3 rings (SSSR count). The summed E-state index contributed by atoms with van der Waals surface area (Å²) in [6.45, 7) is 0. The lowest BCUT2D eigenvalue weighted by Crippen LogP contribution is -1.74. The molecule has 0 spiro atoms. The molecule has 2 aromatic heterocycles. The van der Waals surface area contributed by atoms with Crippen molar-refractivity contribution in [2.24, 2.45) is 0 Å². The van der Waals surface area contributed by atoms with Gasteiger partial charge in [0.05, 0.1) is 6.20 Å². The fraction of sp³-hybridized carbons (Fsp3) is 0. The van der Waals surface area contributed by atoms with Gasteiger partial charge in [0, 0.05) is 5.39 Å². The minimum absolute atomic E-state index is 0.740. The van der Waals surface area contributed by atoms with Gasteiger partial charge in [-0.3, -0.25) is 0 Å². The Hall–Kier alpha value is -1.90. The average Bonchev–Trinajstić information content (AvgIpc) is 2.56. The van der Waals surface area contributed by atoms with Crippen LogP contribution in [0.2, 0.25) is 0 Å². The van der Waals surface area contributed by atoms with Crippen molar-refractivity contribution in [3.05, 3.63) is 36.8 Å². The van der Waals surface area contributed by atoms with E-state index in [0.717, 1.165) is 22.1 Å². The summed E-state index contributed by atoms with van der Waals surface area (Å²) in [5.74, 6) is 0. The van der Waals surface area contributed by atoms with Gasteiger partial charge < -0.3 is 4.42 Å². The SMILES string of the molecule is c1ccc2c(c1)oc1cncnc12. The molecule has 0 amide bonds. The first kappa shape index (κ1) is 6.60.